The number of hydrogen-bond donors (Lipinski definition) is 1. The van der Waals surface area contributed by atoms with E-state index >= 15 is 0 Å². The van der Waals surface area contributed by atoms with E-state index in [2.05, 4.69) is 5.32 Å². The first-order valence-corrected chi connectivity index (χ1v) is 8.87. The first-order chi connectivity index (χ1) is 10.1. The van der Waals surface area contributed by atoms with Crippen LogP contribution in [0.5, 0.6) is 0 Å². The van der Waals surface area contributed by atoms with Gasteiger partial charge in [-0.1, -0.05) is 28.5 Å². The summed E-state index contributed by atoms with van der Waals surface area (Å²) in [5.41, 5.74) is 0. The van der Waals surface area contributed by atoms with Crippen molar-refractivity contribution in [2.24, 2.45) is 0 Å². The predicted molar refractivity (Wildman–Crippen MR) is 80.4 cm³/mol. The molecule has 0 aromatic rings. The Balaban J connectivity index is 1.96. The molecule has 2 amide bonds. The van der Waals surface area contributed by atoms with Gasteiger partial charge in [0.15, 0.2) is 0 Å². The van der Waals surface area contributed by atoms with Gasteiger partial charge in [-0.3, -0.25) is 19.3 Å². The molecule has 0 spiro atoms. The van der Waals surface area contributed by atoms with Crippen LogP contribution in [-0.2, 0) is 19.1 Å². The first kappa shape index (κ1) is 15.7. The monoisotopic (exact) mass is 322 g/mol. The molecule has 0 aromatic carbocycles. The number of rotatable bonds is 10. The Hall–Kier alpha value is -0.730. The van der Waals surface area contributed by atoms with E-state index in [0.717, 1.165) is 17.2 Å². The van der Waals surface area contributed by atoms with Crippen LogP contribution >= 0.6 is 21.6 Å². The molecule has 6 nitrogen and oxygen atoms in total. The van der Waals surface area contributed by atoms with Crippen LogP contribution in [0.15, 0.2) is 0 Å². The van der Waals surface area contributed by atoms with E-state index in [9.17, 15) is 14.4 Å². The molecular formula is C12H20N2O4S2. The standard InChI is InChI=1S/C12H20N2O4S2/c1-2-13-5-7-19-20-8-6-18-12(17)9-14-10(15)3-4-11(14)16/h13H,2-9H2,1H3/i1T. The second kappa shape index (κ2) is 10.1. The van der Waals surface area contributed by atoms with Crippen molar-refractivity contribution in [2.75, 3.05) is 37.7 Å². The molecule has 1 N–H and O–H groups in total. The largest absolute Gasteiger partial charge is 0.463 e. The van der Waals surface area contributed by atoms with Crippen LogP contribution in [0.1, 0.15) is 21.1 Å². The molecule has 114 valence electrons. The lowest BCUT2D eigenvalue weighted by atomic mass is 10.4. The van der Waals surface area contributed by atoms with Gasteiger partial charge >= 0.3 is 5.97 Å². The Morgan fingerprint density at radius 2 is 2.05 bits per heavy atom. The fraction of sp³-hybridized carbons (Fsp3) is 0.750. The zero-order valence-corrected chi connectivity index (χ0v) is 12.9. The Kier molecular flexibility index (Phi) is 7.88. The van der Waals surface area contributed by atoms with Crippen molar-refractivity contribution in [3.63, 3.8) is 0 Å². The number of amides is 2. The molecule has 1 heterocycles. The summed E-state index contributed by atoms with van der Waals surface area (Å²) in [6.07, 6.45) is 0.375. The molecule has 0 bridgehead atoms. The maximum atomic E-state index is 11.5. The number of hydrogen-bond acceptors (Lipinski definition) is 7. The van der Waals surface area contributed by atoms with Crippen molar-refractivity contribution < 1.29 is 20.5 Å². The summed E-state index contributed by atoms with van der Waals surface area (Å²) in [5.74, 6) is 0.442. The Labute approximate surface area is 128 Å². The Morgan fingerprint density at radius 3 is 2.75 bits per heavy atom. The molecule has 0 aliphatic carbocycles. The van der Waals surface area contributed by atoms with Gasteiger partial charge < -0.3 is 10.1 Å². The van der Waals surface area contributed by atoms with Gasteiger partial charge in [-0.25, -0.2) is 0 Å². The third-order valence-electron chi connectivity index (χ3n) is 2.49. The van der Waals surface area contributed by atoms with Crippen molar-refractivity contribution in [1.29, 1.82) is 0 Å². The normalized spacial score (nSPS) is 15.6. The Morgan fingerprint density at radius 1 is 1.35 bits per heavy atom. The highest BCUT2D eigenvalue weighted by Crippen LogP contribution is 2.19. The summed E-state index contributed by atoms with van der Waals surface area (Å²) in [6.45, 7) is 1.95. The highest BCUT2D eigenvalue weighted by atomic mass is 33.1. The lowest BCUT2D eigenvalue weighted by molar-refractivity contribution is -0.151. The maximum Gasteiger partial charge on any atom is 0.326 e. The SMILES string of the molecule is [3H]CCNCCSSCCOC(=O)CN1C(=O)CCC1=O. The summed E-state index contributed by atoms with van der Waals surface area (Å²) in [7, 11) is 3.27. The minimum atomic E-state index is -0.540. The molecule has 0 unspecified atom stereocenters. The summed E-state index contributed by atoms with van der Waals surface area (Å²) >= 11 is 0. The fourth-order valence-electron chi connectivity index (χ4n) is 1.52. The fourth-order valence-corrected chi connectivity index (χ4v) is 3.30. The number of carbonyl (C=O) groups excluding carboxylic acids is 3. The summed E-state index contributed by atoms with van der Waals surface area (Å²) in [4.78, 5) is 35.1. The second-order valence-corrected chi connectivity index (χ2v) is 6.69. The van der Waals surface area contributed by atoms with E-state index in [1.54, 1.807) is 21.6 Å². The summed E-state index contributed by atoms with van der Waals surface area (Å²) in [5, 5.41) is 3.12. The van der Waals surface area contributed by atoms with Crippen LogP contribution in [-0.4, -0.2) is 60.4 Å². The minimum absolute atomic E-state index is 0.187. The van der Waals surface area contributed by atoms with Gasteiger partial charge in [-0.05, 0) is 6.54 Å². The topological polar surface area (TPSA) is 75.7 Å². The van der Waals surface area contributed by atoms with Crippen molar-refractivity contribution in [2.45, 2.75) is 19.7 Å². The van der Waals surface area contributed by atoms with E-state index in [1.165, 1.54) is 0 Å². The molecule has 0 aromatic heterocycles. The quantitative estimate of drug-likeness (QED) is 0.274. The van der Waals surface area contributed by atoms with Gasteiger partial charge in [-0.2, -0.15) is 0 Å². The third kappa shape index (κ3) is 6.62. The van der Waals surface area contributed by atoms with E-state index in [-0.39, 0.29) is 37.8 Å². The van der Waals surface area contributed by atoms with Gasteiger partial charge in [0.25, 0.3) is 0 Å². The number of likely N-dealkylation sites (tertiary alicyclic amines) is 1. The maximum absolute atomic E-state index is 11.5. The Bertz CT molecular complexity index is 355. The molecule has 20 heavy (non-hydrogen) atoms. The van der Waals surface area contributed by atoms with Gasteiger partial charge in [0.1, 0.15) is 13.2 Å². The number of imide groups is 1. The number of esters is 1. The van der Waals surface area contributed by atoms with E-state index < -0.39 is 5.97 Å². The molecule has 1 saturated heterocycles. The molecule has 1 aliphatic heterocycles. The predicted octanol–water partition coefficient (Wildman–Crippen LogP) is 0.669. The van der Waals surface area contributed by atoms with Crippen LogP contribution in [0.4, 0.5) is 0 Å². The van der Waals surface area contributed by atoms with Gasteiger partial charge in [-0.15, -0.1) is 0 Å². The van der Waals surface area contributed by atoms with E-state index in [1.807, 2.05) is 0 Å². The van der Waals surface area contributed by atoms with Gasteiger partial charge in [0.2, 0.25) is 11.8 Å². The van der Waals surface area contributed by atoms with Crippen LogP contribution < -0.4 is 5.32 Å². The van der Waals surface area contributed by atoms with Crippen LogP contribution in [0.25, 0.3) is 0 Å². The highest BCUT2D eigenvalue weighted by molar-refractivity contribution is 8.76. The molecule has 0 radical (unpaired) electrons. The molecule has 1 aliphatic rings. The average Bonchev–Trinajstić information content (AvgIpc) is 2.77. The van der Waals surface area contributed by atoms with Crippen LogP contribution in [0.2, 0.25) is 0 Å². The van der Waals surface area contributed by atoms with Crippen molar-refractivity contribution in [3.8, 4) is 0 Å². The lowest BCUT2D eigenvalue weighted by Gasteiger charge is -2.12. The molecule has 0 saturated carbocycles. The summed E-state index contributed by atoms with van der Waals surface area (Å²) in [6, 6.07) is 0. The number of nitrogens with one attached hydrogen (secondary N) is 1. The number of ether oxygens (including phenoxy) is 1. The van der Waals surface area contributed by atoms with E-state index in [4.69, 9.17) is 6.11 Å². The first-order valence-electron chi connectivity index (χ1n) is 7.09. The summed E-state index contributed by atoms with van der Waals surface area (Å²) < 4.78 is 11.9. The molecule has 0 atom stereocenters. The zero-order chi connectivity index (χ0) is 15.5. The van der Waals surface area contributed by atoms with Gasteiger partial charge in [0.05, 0.1) is 0 Å². The van der Waals surface area contributed by atoms with Crippen molar-refractivity contribution >= 4 is 39.4 Å². The molecular weight excluding hydrogens is 300 g/mol. The number of carbonyl (C=O) groups is 3. The van der Waals surface area contributed by atoms with Crippen molar-refractivity contribution in [1.82, 2.24) is 10.2 Å². The van der Waals surface area contributed by atoms with Gasteiger partial charge in [0, 0.05) is 32.3 Å². The average molecular weight is 322 g/mol. The lowest BCUT2D eigenvalue weighted by Crippen LogP contribution is -2.35. The molecule has 1 fully saturated rings. The highest BCUT2D eigenvalue weighted by Gasteiger charge is 2.30. The second-order valence-electron chi connectivity index (χ2n) is 3.99. The van der Waals surface area contributed by atoms with Crippen molar-refractivity contribution in [3.05, 3.63) is 0 Å². The molecule has 1 rings (SSSR count). The molecule has 8 heteroatoms. The third-order valence-corrected chi connectivity index (χ3v) is 4.86. The minimum Gasteiger partial charge on any atom is -0.463 e. The van der Waals surface area contributed by atoms with Crippen LogP contribution in [0, 0.1) is 0 Å². The van der Waals surface area contributed by atoms with E-state index in [0.29, 0.717) is 19.2 Å². The zero-order valence-electron chi connectivity index (χ0n) is 12.3. The number of nitrogens with zero attached hydrogens (tertiary/aromatic N) is 1. The van der Waals surface area contributed by atoms with Crippen LogP contribution in [0.3, 0.4) is 0 Å². The smallest absolute Gasteiger partial charge is 0.326 e.